The van der Waals surface area contributed by atoms with Crippen LogP contribution in [-0.2, 0) is 19.9 Å². The van der Waals surface area contributed by atoms with E-state index in [1.165, 1.54) is 83.5 Å². The van der Waals surface area contributed by atoms with E-state index >= 15 is 0 Å². The van der Waals surface area contributed by atoms with Gasteiger partial charge in [0.15, 0.2) is 6.73 Å². The van der Waals surface area contributed by atoms with Crippen molar-refractivity contribution in [1.82, 2.24) is 4.57 Å². The van der Waals surface area contributed by atoms with Crippen LogP contribution in [0.25, 0.3) is 0 Å². The standard InChI is InChI=1S/C21H41N2O2.F6P/c1-2-3-4-5-6-7-8-9-10-11-12-13-14-15-16-22-17-18-23(20-25)21(22)19-24;1-7(2,3,4,5)6/h17-18,24-25H,2-16,19-20H2,1H3;/q+1;-1. The van der Waals surface area contributed by atoms with Gasteiger partial charge in [-0.3, -0.25) is 0 Å². The van der Waals surface area contributed by atoms with Gasteiger partial charge in [-0.1, -0.05) is 84.0 Å². The van der Waals surface area contributed by atoms with Crippen LogP contribution >= 0.6 is 7.81 Å². The van der Waals surface area contributed by atoms with E-state index < -0.39 is 7.81 Å². The van der Waals surface area contributed by atoms with Crippen molar-refractivity contribution in [2.75, 3.05) is 0 Å². The molecule has 1 heterocycles. The molecule has 0 aromatic carbocycles. The first-order valence-corrected chi connectivity index (χ1v) is 13.7. The Bertz CT molecular complexity index is 597. The molecule has 0 atom stereocenters. The minimum absolute atomic E-state index is 0.0217. The molecule has 194 valence electrons. The first-order chi connectivity index (χ1) is 14.8. The molecule has 0 unspecified atom stereocenters. The Labute approximate surface area is 187 Å². The van der Waals surface area contributed by atoms with Gasteiger partial charge in [-0.2, -0.15) is 0 Å². The van der Waals surface area contributed by atoms with Crippen molar-refractivity contribution in [3.63, 3.8) is 0 Å². The first-order valence-electron chi connectivity index (χ1n) is 11.6. The van der Waals surface area contributed by atoms with Crippen LogP contribution in [0.15, 0.2) is 12.4 Å². The molecule has 11 heteroatoms. The maximum atomic E-state index is 9.87. The van der Waals surface area contributed by atoms with Crippen molar-refractivity contribution in [2.45, 2.75) is 117 Å². The zero-order chi connectivity index (χ0) is 24.6. The molecule has 0 aliphatic carbocycles. The molecule has 0 spiro atoms. The second kappa shape index (κ2) is 14.4. The molecule has 2 N–H and O–H groups in total. The van der Waals surface area contributed by atoms with Crippen LogP contribution in [-0.4, -0.2) is 14.8 Å². The van der Waals surface area contributed by atoms with Crippen LogP contribution in [0, 0.1) is 0 Å². The van der Waals surface area contributed by atoms with Crippen LogP contribution in [0.2, 0.25) is 0 Å². The fraction of sp³-hybridized carbons (Fsp3) is 0.857. The van der Waals surface area contributed by atoms with Gasteiger partial charge in [-0.15, -0.1) is 0 Å². The summed E-state index contributed by atoms with van der Waals surface area (Å²) >= 11 is 0. The van der Waals surface area contributed by atoms with Crippen molar-refractivity contribution in [3.8, 4) is 0 Å². The number of aliphatic hydroxyl groups is 2. The third kappa shape index (κ3) is 22.3. The van der Waals surface area contributed by atoms with Gasteiger partial charge >= 0.3 is 33.0 Å². The molecular formula is C21H41F6N2O2P. The summed E-state index contributed by atoms with van der Waals surface area (Å²) in [6, 6.07) is 0. The molecule has 0 bridgehead atoms. The van der Waals surface area contributed by atoms with Gasteiger partial charge in [0.05, 0.1) is 6.54 Å². The molecule has 0 fully saturated rings. The number of aromatic nitrogens is 2. The summed E-state index contributed by atoms with van der Waals surface area (Å²) in [5.74, 6) is 0.789. The molecule has 1 rings (SSSR count). The Morgan fingerprint density at radius 2 is 1.09 bits per heavy atom. The van der Waals surface area contributed by atoms with E-state index in [2.05, 4.69) is 11.5 Å². The summed E-state index contributed by atoms with van der Waals surface area (Å²) in [5.41, 5.74) is 0. The summed E-state index contributed by atoms with van der Waals surface area (Å²) in [6.07, 6.45) is 22.9. The van der Waals surface area contributed by atoms with Crippen molar-refractivity contribution in [1.29, 1.82) is 0 Å². The quantitative estimate of drug-likeness (QED) is 0.0987. The van der Waals surface area contributed by atoms with Gasteiger partial charge in [-0.05, 0) is 12.8 Å². The number of aryl methyl sites for hydroxylation is 1. The van der Waals surface area contributed by atoms with Crippen molar-refractivity contribution >= 4 is 7.81 Å². The Hall–Kier alpha value is -0.860. The number of nitrogens with zero attached hydrogens (tertiary/aromatic N) is 2. The number of rotatable bonds is 17. The number of halogens is 6. The van der Waals surface area contributed by atoms with Crippen molar-refractivity contribution in [3.05, 3.63) is 18.2 Å². The molecular weight excluding hydrogens is 457 g/mol. The Morgan fingerprint density at radius 3 is 1.44 bits per heavy atom. The average Bonchev–Trinajstić information content (AvgIpc) is 3.07. The number of unbranched alkanes of at least 4 members (excludes halogenated alkanes) is 13. The van der Waals surface area contributed by atoms with Gasteiger partial charge in [-0.25, -0.2) is 9.13 Å². The zero-order valence-electron chi connectivity index (χ0n) is 19.2. The Morgan fingerprint density at radius 1 is 0.719 bits per heavy atom. The van der Waals surface area contributed by atoms with E-state index in [-0.39, 0.29) is 13.3 Å². The predicted molar refractivity (Wildman–Crippen MR) is 117 cm³/mol. The first kappa shape index (κ1) is 31.1. The third-order valence-electron chi connectivity index (χ3n) is 5.14. The molecule has 0 aliphatic heterocycles. The van der Waals surface area contributed by atoms with Gasteiger partial charge in [0.1, 0.15) is 19.0 Å². The topological polar surface area (TPSA) is 49.3 Å². The van der Waals surface area contributed by atoms with Crippen LogP contribution in [0.5, 0.6) is 0 Å². The molecule has 0 aliphatic rings. The van der Waals surface area contributed by atoms with Crippen LogP contribution < -0.4 is 4.57 Å². The van der Waals surface area contributed by atoms with Gasteiger partial charge in [0.25, 0.3) is 5.82 Å². The SMILES string of the molecule is CCCCCCCCCCCCCCCCn1cc[n+](CO)c1CO.F[P-](F)(F)(F)(F)F. The van der Waals surface area contributed by atoms with Gasteiger partial charge in [0.2, 0.25) is 0 Å². The van der Waals surface area contributed by atoms with Crippen molar-refractivity contribution < 1.29 is 40.0 Å². The number of hydrogen-bond donors (Lipinski definition) is 2. The Balaban J connectivity index is 0.00000118. The molecule has 1 aromatic heterocycles. The molecule has 32 heavy (non-hydrogen) atoms. The Kier molecular flexibility index (Phi) is 14.0. The summed E-state index contributed by atoms with van der Waals surface area (Å²) in [5, 5.41) is 18.6. The van der Waals surface area contributed by atoms with Crippen molar-refractivity contribution in [2.24, 2.45) is 0 Å². The molecule has 0 radical (unpaired) electrons. The molecule has 0 amide bonds. The van der Waals surface area contributed by atoms with E-state index in [4.69, 9.17) is 0 Å². The fourth-order valence-corrected chi connectivity index (χ4v) is 3.49. The molecule has 1 aromatic rings. The zero-order valence-corrected chi connectivity index (χ0v) is 20.1. The second-order valence-corrected chi connectivity index (χ2v) is 10.1. The van der Waals surface area contributed by atoms with Crippen LogP contribution in [0.3, 0.4) is 0 Å². The molecule has 0 saturated heterocycles. The second-order valence-electron chi connectivity index (χ2n) is 8.23. The van der Waals surface area contributed by atoms with Gasteiger partial charge in [0, 0.05) is 0 Å². The third-order valence-corrected chi connectivity index (χ3v) is 5.14. The maximum absolute atomic E-state index is 10.7. The van der Waals surface area contributed by atoms with E-state index in [1.54, 1.807) is 4.57 Å². The fourth-order valence-electron chi connectivity index (χ4n) is 3.49. The van der Waals surface area contributed by atoms with Crippen LogP contribution in [0.1, 0.15) is 103 Å². The van der Waals surface area contributed by atoms with E-state index in [0.29, 0.717) is 0 Å². The monoisotopic (exact) mass is 498 g/mol. The number of imidazole rings is 1. The molecule has 4 nitrogen and oxygen atoms in total. The summed E-state index contributed by atoms with van der Waals surface area (Å²) in [4.78, 5) is 0. The average molecular weight is 499 g/mol. The van der Waals surface area contributed by atoms with E-state index in [9.17, 15) is 35.4 Å². The predicted octanol–water partition coefficient (Wildman–Crippen LogP) is 8.08. The van der Waals surface area contributed by atoms with E-state index in [1.807, 2.05) is 12.4 Å². The summed E-state index contributed by atoms with van der Waals surface area (Å²) in [7, 11) is -10.7. The van der Waals surface area contributed by atoms with E-state index in [0.717, 1.165) is 18.8 Å². The number of hydrogen-bond acceptors (Lipinski definition) is 2. The summed E-state index contributed by atoms with van der Waals surface area (Å²) in [6.45, 7) is 3.12. The van der Waals surface area contributed by atoms with Crippen LogP contribution in [0.4, 0.5) is 25.2 Å². The van der Waals surface area contributed by atoms with Gasteiger partial charge < -0.3 is 10.2 Å². The number of aliphatic hydroxyl groups excluding tert-OH is 2. The summed E-state index contributed by atoms with van der Waals surface area (Å²) < 4.78 is 62.9. The molecule has 0 saturated carbocycles. The minimum atomic E-state index is -10.7. The normalized spacial score (nSPS) is 13.9.